The van der Waals surface area contributed by atoms with Gasteiger partial charge in [0.05, 0.1) is 11.6 Å². The summed E-state index contributed by atoms with van der Waals surface area (Å²) in [5, 5.41) is 8.17. The number of anilines is 2. The molecule has 1 amide bonds. The molecule has 7 nitrogen and oxygen atoms in total. The summed E-state index contributed by atoms with van der Waals surface area (Å²) in [5.74, 6) is 1.45. The maximum Gasteiger partial charge on any atom is 0.263 e. The van der Waals surface area contributed by atoms with Gasteiger partial charge in [-0.2, -0.15) is 4.98 Å². The summed E-state index contributed by atoms with van der Waals surface area (Å²) >= 11 is 0. The van der Waals surface area contributed by atoms with Crippen LogP contribution >= 0.6 is 0 Å². The third-order valence-electron chi connectivity index (χ3n) is 5.58. The molecule has 0 unspecified atom stereocenters. The zero-order valence-electron chi connectivity index (χ0n) is 17.2. The number of piperidine rings is 1. The van der Waals surface area contributed by atoms with Crippen molar-refractivity contribution in [1.29, 1.82) is 0 Å². The number of para-hydroxylation sites is 1. The van der Waals surface area contributed by atoms with E-state index in [1.807, 2.05) is 32.0 Å². The molecule has 3 heterocycles. The van der Waals surface area contributed by atoms with E-state index < -0.39 is 0 Å². The van der Waals surface area contributed by atoms with Crippen LogP contribution in [0.15, 0.2) is 28.8 Å². The van der Waals surface area contributed by atoms with Gasteiger partial charge < -0.3 is 14.7 Å². The average molecular weight is 393 g/mol. The first-order chi connectivity index (χ1) is 14.1. The first-order valence-electron chi connectivity index (χ1n) is 10.4. The molecule has 29 heavy (non-hydrogen) atoms. The largest absolute Gasteiger partial charge is 0.355 e. The third-order valence-corrected chi connectivity index (χ3v) is 5.58. The second-order valence-electron chi connectivity index (χ2n) is 7.54. The summed E-state index contributed by atoms with van der Waals surface area (Å²) in [5.41, 5.74) is 3.44. The van der Waals surface area contributed by atoms with Crippen LogP contribution < -0.4 is 10.2 Å². The van der Waals surface area contributed by atoms with Gasteiger partial charge in [-0.3, -0.25) is 4.79 Å². The number of carbonyl (C=O) groups is 1. The van der Waals surface area contributed by atoms with Crippen LogP contribution in [0.3, 0.4) is 0 Å². The quantitative estimate of drug-likeness (QED) is 0.708. The molecule has 1 aromatic carbocycles. The van der Waals surface area contributed by atoms with Gasteiger partial charge in [-0.05, 0) is 44.2 Å². The molecule has 4 rings (SSSR count). The number of benzene rings is 1. The van der Waals surface area contributed by atoms with Crippen molar-refractivity contribution in [2.24, 2.45) is 5.92 Å². The molecule has 1 saturated heterocycles. The van der Waals surface area contributed by atoms with Crippen LogP contribution in [-0.2, 0) is 17.6 Å². The van der Waals surface area contributed by atoms with E-state index in [9.17, 15) is 4.79 Å². The topological polar surface area (TPSA) is 84.2 Å². The van der Waals surface area contributed by atoms with E-state index in [1.54, 1.807) is 0 Å². The highest BCUT2D eigenvalue weighted by atomic mass is 16.5. The van der Waals surface area contributed by atoms with Crippen LogP contribution in [0.1, 0.15) is 43.8 Å². The highest BCUT2D eigenvalue weighted by Crippen LogP contribution is 2.31. The standard InChI is InChI=1S/C22H27N5O2/c1-4-15-9-6-7-11-18(15)25-21(28)16-10-8-12-27(13-16)20-19-17(5-2)26-29-22(19)24-14(3)23-20/h6-7,9,11,16H,4-5,8,10,12-13H2,1-3H3,(H,25,28)/t16-/m0/s1. The number of fused-ring (bicyclic) bond motifs is 1. The molecule has 3 aromatic rings. The van der Waals surface area contributed by atoms with Crippen molar-refractivity contribution < 1.29 is 9.32 Å². The number of rotatable bonds is 5. The Labute approximate surface area is 170 Å². The highest BCUT2D eigenvalue weighted by molar-refractivity contribution is 5.94. The summed E-state index contributed by atoms with van der Waals surface area (Å²) in [7, 11) is 0. The minimum absolute atomic E-state index is 0.0682. The average Bonchev–Trinajstić information content (AvgIpc) is 3.16. The van der Waals surface area contributed by atoms with E-state index in [-0.39, 0.29) is 11.8 Å². The maximum absolute atomic E-state index is 13.0. The monoisotopic (exact) mass is 393 g/mol. The predicted molar refractivity (Wildman–Crippen MR) is 113 cm³/mol. The molecule has 0 saturated carbocycles. The zero-order valence-corrected chi connectivity index (χ0v) is 17.2. The zero-order chi connectivity index (χ0) is 20.4. The number of hydrogen-bond donors (Lipinski definition) is 1. The second-order valence-corrected chi connectivity index (χ2v) is 7.54. The Balaban J connectivity index is 1.58. The summed E-state index contributed by atoms with van der Waals surface area (Å²) in [6, 6.07) is 7.99. The number of aromatic nitrogens is 3. The van der Waals surface area contributed by atoms with E-state index in [0.29, 0.717) is 18.1 Å². The van der Waals surface area contributed by atoms with Crippen molar-refractivity contribution in [3.8, 4) is 0 Å². The number of amides is 1. The molecular formula is C22H27N5O2. The molecule has 1 fully saturated rings. The van der Waals surface area contributed by atoms with E-state index in [2.05, 4.69) is 33.3 Å². The van der Waals surface area contributed by atoms with Crippen LogP contribution in [0.5, 0.6) is 0 Å². The normalized spacial score (nSPS) is 16.9. The van der Waals surface area contributed by atoms with E-state index in [1.165, 1.54) is 0 Å². The molecule has 1 aliphatic rings. The summed E-state index contributed by atoms with van der Waals surface area (Å²) in [4.78, 5) is 24.3. The third kappa shape index (κ3) is 3.81. The number of hydrogen-bond acceptors (Lipinski definition) is 6. The Morgan fingerprint density at radius 3 is 2.86 bits per heavy atom. The van der Waals surface area contributed by atoms with Gasteiger partial charge in [0, 0.05) is 18.8 Å². The Bertz CT molecular complexity index is 1030. The fourth-order valence-corrected chi connectivity index (χ4v) is 4.03. The Morgan fingerprint density at radius 1 is 1.24 bits per heavy atom. The number of nitrogens with zero attached hydrogens (tertiary/aromatic N) is 4. The van der Waals surface area contributed by atoms with Crippen molar-refractivity contribution in [2.45, 2.75) is 46.5 Å². The fourth-order valence-electron chi connectivity index (χ4n) is 4.03. The van der Waals surface area contributed by atoms with Gasteiger partial charge in [0.15, 0.2) is 0 Å². The first kappa shape index (κ1) is 19.4. The van der Waals surface area contributed by atoms with Gasteiger partial charge in [-0.15, -0.1) is 0 Å². The van der Waals surface area contributed by atoms with Gasteiger partial charge in [0.2, 0.25) is 5.91 Å². The van der Waals surface area contributed by atoms with Crippen LogP contribution in [0.4, 0.5) is 11.5 Å². The van der Waals surface area contributed by atoms with Gasteiger partial charge >= 0.3 is 0 Å². The molecule has 0 spiro atoms. The fraction of sp³-hybridized carbons (Fsp3) is 0.455. The molecule has 0 bridgehead atoms. The van der Waals surface area contributed by atoms with Crippen molar-refractivity contribution in [3.05, 3.63) is 41.3 Å². The minimum Gasteiger partial charge on any atom is -0.355 e. The lowest BCUT2D eigenvalue weighted by Crippen LogP contribution is -2.41. The number of nitrogens with one attached hydrogen (secondary N) is 1. The predicted octanol–water partition coefficient (Wildman–Crippen LogP) is 3.91. The van der Waals surface area contributed by atoms with E-state index in [4.69, 9.17) is 9.51 Å². The van der Waals surface area contributed by atoms with Gasteiger partial charge in [-0.1, -0.05) is 37.2 Å². The van der Waals surface area contributed by atoms with Gasteiger partial charge in [0.1, 0.15) is 17.0 Å². The molecule has 1 N–H and O–H groups in total. The molecule has 152 valence electrons. The second kappa shape index (κ2) is 8.19. The Hall–Kier alpha value is -2.96. The van der Waals surface area contributed by atoms with Crippen LogP contribution in [-0.4, -0.2) is 34.1 Å². The van der Waals surface area contributed by atoms with Crippen LogP contribution in [0.25, 0.3) is 11.1 Å². The SMILES string of the molecule is CCc1ccccc1NC(=O)[C@H]1CCCN(c2nc(C)nc3onc(CC)c23)C1. The van der Waals surface area contributed by atoms with Crippen molar-refractivity contribution in [2.75, 3.05) is 23.3 Å². The highest BCUT2D eigenvalue weighted by Gasteiger charge is 2.29. The van der Waals surface area contributed by atoms with Crippen molar-refractivity contribution in [3.63, 3.8) is 0 Å². The van der Waals surface area contributed by atoms with E-state index >= 15 is 0 Å². The van der Waals surface area contributed by atoms with Crippen molar-refractivity contribution >= 4 is 28.5 Å². The lowest BCUT2D eigenvalue weighted by atomic mass is 9.96. The molecule has 2 aromatic heterocycles. The smallest absolute Gasteiger partial charge is 0.263 e. The number of aryl methyl sites for hydroxylation is 3. The number of carbonyl (C=O) groups excluding carboxylic acids is 1. The molecule has 0 aliphatic carbocycles. The summed E-state index contributed by atoms with van der Waals surface area (Å²) in [6.45, 7) is 7.47. The van der Waals surface area contributed by atoms with Crippen molar-refractivity contribution in [1.82, 2.24) is 15.1 Å². The first-order valence-corrected chi connectivity index (χ1v) is 10.4. The summed E-state index contributed by atoms with van der Waals surface area (Å²) < 4.78 is 5.42. The minimum atomic E-state index is -0.0936. The summed E-state index contributed by atoms with van der Waals surface area (Å²) in [6.07, 6.45) is 3.44. The lowest BCUT2D eigenvalue weighted by molar-refractivity contribution is -0.120. The molecular weight excluding hydrogens is 366 g/mol. The van der Waals surface area contributed by atoms with Crippen LogP contribution in [0, 0.1) is 12.8 Å². The Morgan fingerprint density at radius 2 is 2.07 bits per heavy atom. The van der Waals surface area contributed by atoms with Crippen LogP contribution in [0.2, 0.25) is 0 Å². The van der Waals surface area contributed by atoms with Gasteiger partial charge in [-0.25, -0.2) is 4.98 Å². The Kier molecular flexibility index (Phi) is 5.47. The molecule has 0 radical (unpaired) electrons. The maximum atomic E-state index is 13.0. The molecule has 7 heteroatoms. The van der Waals surface area contributed by atoms with E-state index in [0.717, 1.165) is 60.4 Å². The van der Waals surface area contributed by atoms with Gasteiger partial charge in [0.25, 0.3) is 5.71 Å². The molecule has 1 atom stereocenters. The lowest BCUT2D eigenvalue weighted by Gasteiger charge is -2.33. The molecule has 1 aliphatic heterocycles.